The van der Waals surface area contributed by atoms with E-state index >= 15 is 0 Å². The molecule has 2 aliphatic rings. The van der Waals surface area contributed by atoms with Crippen LogP contribution in [0.5, 0.6) is 0 Å². The molecule has 0 radical (unpaired) electrons. The molecule has 2 heterocycles. The number of fused-ring (bicyclic) bond motifs is 1. The third kappa shape index (κ3) is 3.49. The molecular formula is C18H26N2O3S. The Morgan fingerprint density at radius 2 is 2.00 bits per heavy atom. The van der Waals surface area contributed by atoms with Crippen molar-refractivity contribution in [3.8, 4) is 0 Å². The second-order valence-electron chi connectivity index (χ2n) is 6.41. The fourth-order valence-corrected chi connectivity index (χ4v) is 4.72. The summed E-state index contributed by atoms with van der Waals surface area (Å²) in [6.07, 6.45) is 2.57. The van der Waals surface area contributed by atoms with E-state index in [0.717, 1.165) is 37.2 Å². The fourth-order valence-electron chi connectivity index (χ4n) is 3.55. The molecule has 2 amide bonds. The maximum absolute atomic E-state index is 12.7. The monoisotopic (exact) mass is 350 g/mol. The van der Waals surface area contributed by atoms with Gasteiger partial charge in [0.25, 0.3) is 5.91 Å². The first kappa shape index (κ1) is 17.4. The molecule has 6 heteroatoms. The van der Waals surface area contributed by atoms with Crippen LogP contribution in [0, 0.1) is 5.92 Å². The fraction of sp³-hybridized carbons (Fsp3) is 0.667. The Bertz CT molecular complexity index is 603. The van der Waals surface area contributed by atoms with Gasteiger partial charge in [-0.15, -0.1) is 11.3 Å². The smallest absolute Gasteiger partial charge is 0.263 e. The van der Waals surface area contributed by atoms with E-state index in [1.807, 2.05) is 29.7 Å². The van der Waals surface area contributed by atoms with Crippen molar-refractivity contribution < 1.29 is 14.3 Å². The Morgan fingerprint density at radius 3 is 2.67 bits per heavy atom. The molecule has 1 fully saturated rings. The van der Waals surface area contributed by atoms with Crippen LogP contribution in [-0.4, -0.2) is 61.0 Å². The van der Waals surface area contributed by atoms with Crippen LogP contribution >= 0.6 is 11.3 Å². The van der Waals surface area contributed by atoms with Gasteiger partial charge in [-0.3, -0.25) is 9.59 Å². The quantitative estimate of drug-likeness (QED) is 0.836. The van der Waals surface area contributed by atoms with Gasteiger partial charge in [-0.05, 0) is 44.7 Å². The second kappa shape index (κ2) is 7.66. The molecule has 1 unspecified atom stereocenters. The normalized spacial score (nSPS) is 20.6. The van der Waals surface area contributed by atoms with E-state index in [-0.39, 0.29) is 17.7 Å². The van der Waals surface area contributed by atoms with Crippen LogP contribution in [0.4, 0.5) is 0 Å². The van der Waals surface area contributed by atoms with Crippen molar-refractivity contribution >= 4 is 23.2 Å². The molecule has 3 rings (SSSR count). The van der Waals surface area contributed by atoms with Crippen molar-refractivity contribution in [2.24, 2.45) is 5.92 Å². The van der Waals surface area contributed by atoms with Crippen molar-refractivity contribution in [2.45, 2.75) is 33.1 Å². The van der Waals surface area contributed by atoms with E-state index in [1.165, 1.54) is 10.4 Å². The number of carbonyl (C=O) groups excluding carboxylic acids is 2. The summed E-state index contributed by atoms with van der Waals surface area (Å²) in [5.74, 6) is 0.434. The predicted octanol–water partition coefficient (Wildman–Crippen LogP) is 2.19. The number of carbonyl (C=O) groups is 2. The molecule has 0 N–H and O–H groups in total. The van der Waals surface area contributed by atoms with Gasteiger partial charge in [0.1, 0.15) is 0 Å². The number of hydrogen-bond donors (Lipinski definition) is 0. The van der Waals surface area contributed by atoms with E-state index in [0.29, 0.717) is 26.3 Å². The Kier molecular flexibility index (Phi) is 5.56. The highest BCUT2D eigenvalue weighted by atomic mass is 32.1. The highest BCUT2D eigenvalue weighted by Gasteiger charge is 2.31. The van der Waals surface area contributed by atoms with Crippen LogP contribution in [0.2, 0.25) is 0 Å². The Balaban J connectivity index is 1.69. The summed E-state index contributed by atoms with van der Waals surface area (Å²) in [6.45, 7) is 8.17. The number of rotatable bonds is 4. The summed E-state index contributed by atoms with van der Waals surface area (Å²) in [6, 6.07) is 2.03. The summed E-state index contributed by atoms with van der Waals surface area (Å²) in [7, 11) is 0. The van der Waals surface area contributed by atoms with E-state index in [9.17, 15) is 9.59 Å². The number of aryl methyl sites for hydroxylation is 1. The molecule has 0 spiro atoms. The largest absolute Gasteiger partial charge is 0.378 e. The number of amides is 2. The number of ether oxygens (including phenoxy) is 1. The zero-order chi connectivity index (χ0) is 17.1. The van der Waals surface area contributed by atoms with Crippen molar-refractivity contribution in [3.63, 3.8) is 0 Å². The summed E-state index contributed by atoms with van der Waals surface area (Å²) in [4.78, 5) is 31.1. The lowest BCUT2D eigenvalue weighted by atomic mass is 9.87. The number of hydrogen-bond acceptors (Lipinski definition) is 4. The SMILES string of the molecule is CCN(CC)C(=O)c1cc2c(s1)CCC(C(=O)N1CCOCC1)C2. The van der Waals surface area contributed by atoms with Crippen molar-refractivity contribution in [2.75, 3.05) is 39.4 Å². The zero-order valence-electron chi connectivity index (χ0n) is 14.5. The van der Waals surface area contributed by atoms with Crippen LogP contribution in [-0.2, 0) is 22.4 Å². The second-order valence-corrected chi connectivity index (χ2v) is 7.55. The summed E-state index contributed by atoms with van der Waals surface area (Å²) in [5, 5.41) is 0. The minimum atomic E-state index is 0.0570. The summed E-state index contributed by atoms with van der Waals surface area (Å²) < 4.78 is 5.33. The average molecular weight is 350 g/mol. The lowest BCUT2D eigenvalue weighted by Crippen LogP contribution is -2.44. The average Bonchev–Trinajstić information content (AvgIpc) is 3.06. The van der Waals surface area contributed by atoms with Gasteiger partial charge in [-0.2, -0.15) is 0 Å². The zero-order valence-corrected chi connectivity index (χ0v) is 15.4. The van der Waals surface area contributed by atoms with Gasteiger partial charge >= 0.3 is 0 Å². The van der Waals surface area contributed by atoms with Gasteiger partial charge in [0.05, 0.1) is 18.1 Å². The van der Waals surface area contributed by atoms with Crippen LogP contribution in [0.25, 0.3) is 0 Å². The molecule has 1 aliphatic heterocycles. The minimum absolute atomic E-state index is 0.0570. The van der Waals surface area contributed by atoms with E-state index in [1.54, 1.807) is 11.3 Å². The van der Waals surface area contributed by atoms with Crippen molar-refractivity contribution in [3.05, 3.63) is 21.4 Å². The molecule has 1 aromatic heterocycles. The van der Waals surface area contributed by atoms with Crippen molar-refractivity contribution in [1.29, 1.82) is 0 Å². The van der Waals surface area contributed by atoms with Crippen LogP contribution in [0.1, 0.15) is 40.4 Å². The van der Waals surface area contributed by atoms with Gasteiger partial charge in [0, 0.05) is 37.0 Å². The lowest BCUT2D eigenvalue weighted by molar-refractivity contribution is -0.140. The molecule has 5 nitrogen and oxygen atoms in total. The standard InChI is InChI=1S/C18H26N2O3S/c1-3-19(4-2)18(22)16-12-14-11-13(5-6-15(14)24-16)17(21)20-7-9-23-10-8-20/h12-13H,3-11H2,1-2H3. The molecule has 1 aliphatic carbocycles. The molecule has 0 aromatic carbocycles. The van der Waals surface area contributed by atoms with Gasteiger partial charge in [-0.25, -0.2) is 0 Å². The first-order valence-corrected chi connectivity index (χ1v) is 9.73. The highest BCUT2D eigenvalue weighted by molar-refractivity contribution is 7.14. The van der Waals surface area contributed by atoms with Crippen LogP contribution in [0.3, 0.4) is 0 Å². The van der Waals surface area contributed by atoms with Crippen LogP contribution in [0.15, 0.2) is 6.07 Å². The Labute approximate surface area is 147 Å². The highest BCUT2D eigenvalue weighted by Crippen LogP contribution is 2.33. The molecule has 0 bridgehead atoms. The van der Waals surface area contributed by atoms with E-state index in [4.69, 9.17) is 4.74 Å². The topological polar surface area (TPSA) is 49.9 Å². The number of nitrogens with zero attached hydrogens (tertiary/aromatic N) is 2. The first-order valence-electron chi connectivity index (χ1n) is 8.91. The molecule has 1 aromatic rings. The summed E-state index contributed by atoms with van der Waals surface area (Å²) >= 11 is 1.62. The maximum Gasteiger partial charge on any atom is 0.263 e. The minimum Gasteiger partial charge on any atom is -0.378 e. The molecular weight excluding hydrogens is 324 g/mol. The first-order chi connectivity index (χ1) is 11.6. The Hall–Kier alpha value is -1.40. The molecule has 0 saturated carbocycles. The van der Waals surface area contributed by atoms with Crippen molar-refractivity contribution in [1.82, 2.24) is 9.80 Å². The number of morpholine rings is 1. The Morgan fingerprint density at radius 1 is 1.29 bits per heavy atom. The van der Waals surface area contributed by atoms with Gasteiger partial charge in [0.2, 0.25) is 5.91 Å². The van der Waals surface area contributed by atoms with Crippen LogP contribution < -0.4 is 0 Å². The maximum atomic E-state index is 12.7. The van der Waals surface area contributed by atoms with Gasteiger partial charge in [0.15, 0.2) is 0 Å². The predicted molar refractivity (Wildman–Crippen MR) is 94.5 cm³/mol. The number of thiophene rings is 1. The molecule has 132 valence electrons. The third-order valence-corrected chi connectivity index (χ3v) is 6.24. The third-order valence-electron chi connectivity index (χ3n) is 5.02. The lowest BCUT2D eigenvalue weighted by Gasteiger charge is -2.31. The molecule has 1 saturated heterocycles. The molecule has 24 heavy (non-hydrogen) atoms. The van der Waals surface area contributed by atoms with E-state index < -0.39 is 0 Å². The van der Waals surface area contributed by atoms with Gasteiger partial charge < -0.3 is 14.5 Å². The summed E-state index contributed by atoms with van der Waals surface area (Å²) in [5.41, 5.74) is 1.20. The molecule has 1 atom stereocenters. The van der Waals surface area contributed by atoms with E-state index in [2.05, 4.69) is 0 Å². The van der Waals surface area contributed by atoms with Gasteiger partial charge in [-0.1, -0.05) is 0 Å².